The molecule has 1 aliphatic heterocycles. The highest BCUT2D eigenvalue weighted by molar-refractivity contribution is 6.65. The smallest absolute Gasteiger partial charge is 0.341 e. The van der Waals surface area contributed by atoms with E-state index in [0.717, 1.165) is 20.3 Å². The third-order valence-electron chi connectivity index (χ3n) is 10.4. The zero-order chi connectivity index (χ0) is 38.5. The fourth-order valence-corrected chi connectivity index (χ4v) is 8.44. The molecule has 0 aromatic heterocycles. The molecular formula is C34H33Cl2NO15. The number of phenolic OH excluding ortho intramolecular Hbond substituents is 2. The second-order valence-corrected chi connectivity index (χ2v) is 13.6. The normalized spacial score (nSPS) is 33.4. The molecule has 1 heterocycles. The number of ether oxygens (including phenoxy) is 5. The number of aliphatic hydroxyl groups excluding tert-OH is 2. The first-order valence-electron chi connectivity index (χ1n) is 15.7. The molecule has 52 heavy (non-hydrogen) atoms. The van der Waals surface area contributed by atoms with Gasteiger partial charge in [-0.15, -0.1) is 11.6 Å². The largest absolute Gasteiger partial charge is 0.507 e. The molecule has 6 rings (SSSR count). The van der Waals surface area contributed by atoms with Crippen LogP contribution in [0.15, 0.2) is 11.1 Å². The standard InChI is InChI=1S/C34H33Cl2NO15/c1-9-15(32(46)50-5)24(41)18-13(19(9)35)8-14(38)34(51-6)30(45)17-12(29(44)33(18,34)47)7-11-16(23(17)40)25(42)20(36)21(22(11)39)37-31-28(49-4)26(43)27(48-3)10(2)52-31/h7,10,14,20,26-28,31,38,40-41,43,47H,8H2,1-6H3/t10-,14+,20?,26+,27-,28+,31-,33-,34+/m0/s1. The number of carbonyl (C=O) groups excluding carboxylic acids is 5. The third kappa shape index (κ3) is 4.66. The monoisotopic (exact) mass is 765 g/mol. The molecule has 0 saturated carbocycles. The van der Waals surface area contributed by atoms with E-state index in [1.54, 1.807) is 6.92 Å². The number of carbonyl (C=O) groups is 5. The van der Waals surface area contributed by atoms with Crippen LogP contribution < -0.4 is 0 Å². The summed E-state index contributed by atoms with van der Waals surface area (Å²) in [6, 6.07) is 0.767. The van der Waals surface area contributed by atoms with Crippen molar-refractivity contribution in [2.75, 3.05) is 28.4 Å². The van der Waals surface area contributed by atoms with Crippen LogP contribution in [0.25, 0.3) is 0 Å². The number of aromatic hydroxyl groups is 2. The number of hydrogen-bond donors (Lipinski definition) is 5. The van der Waals surface area contributed by atoms with E-state index >= 15 is 0 Å². The van der Waals surface area contributed by atoms with Crippen LogP contribution in [0.3, 0.4) is 0 Å². The number of esters is 1. The van der Waals surface area contributed by atoms with Crippen molar-refractivity contribution in [2.45, 2.75) is 73.6 Å². The molecule has 1 unspecified atom stereocenters. The van der Waals surface area contributed by atoms with Gasteiger partial charge in [0.2, 0.25) is 17.3 Å². The average molecular weight is 767 g/mol. The zero-order valence-corrected chi connectivity index (χ0v) is 29.9. The summed E-state index contributed by atoms with van der Waals surface area (Å²) in [6.07, 6.45) is -8.20. The van der Waals surface area contributed by atoms with Crippen molar-refractivity contribution in [3.05, 3.63) is 55.6 Å². The van der Waals surface area contributed by atoms with Gasteiger partial charge in [0, 0.05) is 49.5 Å². The Morgan fingerprint density at radius 2 is 1.62 bits per heavy atom. The molecule has 1 fully saturated rings. The van der Waals surface area contributed by atoms with Crippen LogP contribution in [0.1, 0.15) is 75.4 Å². The van der Waals surface area contributed by atoms with Crippen molar-refractivity contribution in [1.29, 1.82) is 0 Å². The summed E-state index contributed by atoms with van der Waals surface area (Å²) in [5.41, 5.74) is -11.7. The van der Waals surface area contributed by atoms with Gasteiger partial charge in [0.1, 0.15) is 46.5 Å². The molecule has 278 valence electrons. The summed E-state index contributed by atoms with van der Waals surface area (Å²) < 4.78 is 26.7. The summed E-state index contributed by atoms with van der Waals surface area (Å²) in [7, 11) is 4.46. The molecule has 2 aromatic rings. The number of nitrogens with zero attached hydrogens (tertiary/aromatic N) is 1. The predicted molar refractivity (Wildman–Crippen MR) is 177 cm³/mol. The van der Waals surface area contributed by atoms with Gasteiger partial charge in [0.05, 0.1) is 30.4 Å². The SMILES string of the molecule is COC(=O)c1c(C)c(Cl)c2c(c1O)[C@]1(O)C(=O)c3cc4c(c(O)c3C(=O)[C@]1(OC)[C@H](O)C2)C(=O)C(Cl)C(=N[C@H]1O[C@@H](C)[C@H](OC)[C@@H](O)[C@H]1OC)C4=O. The number of phenols is 2. The zero-order valence-electron chi connectivity index (χ0n) is 28.3. The number of benzene rings is 2. The van der Waals surface area contributed by atoms with Gasteiger partial charge in [-0.3, -0.25) is 19.2 Å². The van der Waals surface area contributed by atoms with E-state index in [2.05, 4.69) is 4.99 Å². The Balaban J connectivity index is 1.59. The topological polar surface area (TPSA) is 245 Å². The van der Waals surface area contributed by atoms with Gasteiger partial charge < -0.3 is 49.2 Å². The number of rotatable bonds is 5. The molecule has 4 aliphatic rings. The first-order valence-corrected chi connectivity index (χ1v) is 16.5. The van der Waals surface area contributed by atoms with Crippen LogP contribution in [0.5, 0.6) is 11.5 Å². The average Bonchev–Trinajstić information content (AvgIpc) is 3.10. The molecule has 3 aliphatic carbocycles. The summed E-state index contributed by atoms with van der Waals surface area (Å²) in [6.45, 7) is 2.91. The molecule has 18 heteroatoms. The van der Waals surface area contributed by atoms with Crippen molar-refractivity contribution >= 4 is 58.0 Å². The van der Waals surface area contributed by atoms with Gasteiger partial charge in [-0.2, -0.15) is 0 Å². The number of aliphatic imine (C=N–C) groups is 1. The number of ketones is 4. The molecule has 5 N–H and O–H groups in total. The van der Waals surface area contributed by atoms with Crippen molar-refractivity contribution in [3.8, 4) is 11.5 Å². The van der Waals surface area contributed by atoms with Crippen LogP contribution in [0, 0.1) is 6.92 Å². The quantitative estimate of drug-likeness (QED) is 0.210. The Morgan fingerprint density at radius 3 is 2.19 bits per heavy atom. The van der Waals surface area contributed by atoms with Crippen LogP contribution in [0.4, 0.5) is 0 Å². The van der Waals surface area contributed by atoms with E-state index in [4.69, 9.17) is 46.9 Å². The minimum atomic E-state index is -3.36. The lowest BCUT2D eigenvalue weighted by Crippen LogP contribution is -2.73. The van der Waals surface area contributed by atoms with Gasteiger partial charge in [0.15, 0.2) is 23.2 Å². The number of Topliss-reactive ketones (excluding diaryl/α,β-unsaturated/α-hetero) is 4. The maximum absolute atomic E-state index is 14.7. The fraction of sp³-hybridized carbons (Fsp3) is 0.471. The Bertz CT molecular complexity index is 2010. The predicted octanol–water partition coefficient (Wildman–Crippen LogP) is 0.978. The van der Waals surface area contributed by atoms with E-state index in [1.165, 1.54) is 21.1 Å². The summed E-state index contributed by atoms with van der Waals surface area (Å²) in [4.78, 5) is 74.1. The number of aliphatic hydroxyl groups is 3. The van der Waals surface area contributed by atoms with Crippen molar-refractivity contribution in [2.24, 2.45) is 4.99 Å². The van der Waals surface area contributed by atoms with Crippen LogP contribution in [0.2, 0.25) is 5.02 Å². The summed E-state index contributed by atoms with van der Waals surface area (Å²) in [5.74, 6) is -8.43. The van der Waals surface area contributed by atoms with E-state index in [9.17, 15) is 49.5 Å². The van der Waals surface area contributed by atoms with Crippen molar-refractivity contribution < 1.29 is 73.2 Å². The van der Waals surface area contributed by atoms with Gasteiger partial charge in [0.25, 0.3) is 0 Å². The van der Waals surface area contributed by atoms with E-state index in [-0.39, 0.29) is 16.1 Å². The maximum Gasteiger partial charge on any atom is 0.341 e. The second-order valence-electron chi connectivity index (χ2n) is 12.8. The third-order valence-corrected chi connectivity index (χ3v) is 11.4. The first-order chi connectivity index (χ1) is 24.4. The number of halogens is 2. The Labute approximate surface area is 304 Å². The van der Waals surface area contributed by atoms with Crippen molar-refractivity contribution in [3.63, 3.8) is 0 Å². The molecule has 1 saturated heterocycles. The van der Waals surface area contributed by atoms with Gasteiger partial charge >= 0.3 is 5.97 Å². The molecule has 0 radical (unpaired) electrons. The Kier molecular flexibility index (Phi) is 9.42. The Morgan fingerprint density at radius 1 is 0.981 bits per heavy atom. The molecule has 0 spiro atoms. The van der Waals surface area contributed by atoms with Gasteiger partial charge in [-0.05, 0) is 31.0 Å². The molecule has 16 nitrogen and oxygen atoms in total. The molecule has 0 amide bonds. The van der Waals surface area contributed by atoms with E-state index in [1.807, 2.05) is 0 Å². The highest BCUT2D eigenvalue weighted by atomic mass is 35.5. The molecule has 9 atom stereocenters. The van der Waals surface area contributed by atoms with Crippen LogP contribution in [-0.2, 0) is 35.7 Å². The number of alkyl halides is 1. The lowest BCUT2D eigenvalue weighted by Gasteiger charge is -2.53. The van der Waals surface area contributed by atoms with Crippen LogP contribution >= 0.6 is 23.2 Å². The maximum atomic E-state index is 14.7. The molecule has 2 aromatic carbocycles. The second kappa shape index (κ2) is 12.9. The number of hydrogen-bond acceptors (Lipinski definition) is 16. The highest BCUT2D eigenvalue weighted by Gasteiger charge is 2.73. The van der Waals surface area contributed by atoms with E-state index in [0.29, 0.717) is 0 Å². The number of methoxy groups -OCH3 is 4. The highest BCUT2D eigenvalue weighted by Crippen LogP contribution is 2.58. The lowest BCUT2D eigenvalue weighted by molar-refractivity contribution is -0.228. The molecular weight excluding hydrogens is 733 g/mol. The van der Waals surface area contributed by atoms with Gasteiger partial charge in [-0.25, -0.2) is 9.79 Å². The summed E-state index contributed by atoms with van der Waals surface area (Å²) in [5, 5.41) is 55.8. The van der Waals surface area contributed by atoms with E-state index < -0.39 is 139 Å². The lowest BCUT2D eigenvalue weighted by atomic mass is 9.56. The number of fused-ring (bicyclic) bond motifs is 5. The van der Waals surface area contributed by atoms with Crippen molar-refractivity contribution in [1.82, 2.24) is 0 Å². The summed E-state index contributed by atoms with van der Waals surface area (Å²) >= 11 is 13.0. The fourth-order valence-electron chi connectivity index (χ4n) is 7.91. The van der Waals surface area contributed by atoms with Gasteiger partial charge in [-0.1, -0.05) is 11.6 Å². The minimum Gasteiger partial charge on any atom is -0.507 e. The minimum absolute atomic E-state index is 0.0314. The molecule has 0 bridgehead atoms. The van der Waals surface area contributed by atoms with Crippen LogP contribution in [-0.4, -0.2) is 137 Å². The first kappa shape index (κ1) is 37.9. The Hall–Kier alpha value is -3.84.